The maximum Gasteiger partial charge on any atom is 0.339 e. The number of para-hydroxylation sites is 1. The van der Waals surface area contributed by atoms with Gasteiger partial charge in [0.2, 0.25) is 5.91 Å². The van der Waals surface area contributed by atoms with Gasteiger partial charge in [0.25, 0.3) is 11.6 Å². The van der Waals surface area contributed by atoms with Crippen LogP contribution in [0.4, 0.5) is 17.1 Å². The van der Waals surface area contributed by atoms with E-state index in [4.69, 9.17) is 8.92 Å². The number of benzene rings is 3. The molecule has 0 aromatic heterocycles. The Kier molecular flexibility index (Phi) is 8.41. The maximum absolute atomic E-state index is 12.8. The van der Waals surface area contributed by atoms with Crippen molar-refractivity contribution in [3.8, 4) is 17.6 Å². The summed E-state index contributed by atoms with van der Waals surface area (Å²) in [5.74, 6) is -1.26. The highest BCUT2D eigenvalue weighted by molar-refractivity contribution is 7.87. The van der Waals surface area contributed by atoms with Crippen LogP contribution in [0.1, 0.15) is 12.5 Å². The van der Waals surface area contributed by atoms with E-state index in [2.05, 4.69) is 10.6 Å². The Morgan fingerprint density at radius 1 is 1.05 bits per heavy atom. The molecule has 0 radical (unpaired) electrons. The highest BCUT2D eigenvalue weighted by Gasteiger charge is 2.21. The molecule has 3 rings (SSSR count). The van der Waals surface area contributed by atoms with Gasteiger partial charge < -0.3 is 19.6 Å². The van der Waals surface area contributed by atoms with Crippen LogP contribution < -0.4 is 19.6 Å². The van der Waals surface area contributed by atoms with Crippen molar-refractivity contribution in [2.45, 2.75) is 11.8 Å². The van der Waals surface area contributed by atoms with Gasteiger partial charge in [0, 0.05) is 18.2 Å². The predicted octanol–water partition coefficient (Wildman–Crippen LogP) is 3.88. The number of nitriles is 1. The zero-order chi connectivity index (χ0) is 27.9. The zero-order valence-corrected chi connectivity index (χ0v) is 20.8. The lowest BCUT2D eigenvalue weighted by molar-refractivity contribution is -0.384. The number of nitro benzene ring substituents is 1. The zero-order valence-electron chi connectivity index (χ0n) is 20.0. The third kappa shape index (κ3) is 6.71. The predicted molar refractivity (Wildman–Crippen MR) is 137 cm³/mol. The van der Waals surface area contributed by atoms with Crippen molar-refractivity contribution in [3.05, 3.63) is 88.0 Å². The molecule has 0 spiro atoms. The topological polar surface area (TPSA) is 178 Å². The Morgan fingerprint density at radius 3 is 2.34 bits per heavy atom. The average Bonchev–Trinajstić information content (AvgIpc) is 2.88. The van der Waals surface area contributed by atoms with E-state index in [1.165, 1.54) is 74.7 Å². The van der Waals surface area contributed by atoms with Gasteiger partial charge in [-0.15, -0.1) is 0 Å². The van der Waals surface area contributed by atoms with Gasteiger partial charge in [-0.1, -0.05) is 18.2 Å². The second-order valence-electron chi connectivity index (χ2n) is 7.54. The van der Waals surface area contributed by atoms with E-state index < -0.39 is 32.2 Å². The molecule has 0 atom stereocenters. The third-order valence-electron chi connectivity index (χ3n) is 4.90. The van der Waals surface area contributed by atoms with Crippen LogP contribution in [0.25, 0.3) is 6.08 Å². The number of hydrogen-bond donors (Lipinski definition) is 2. The number of carbonyl (C=O) groups excluding carboxylic acids is 2. The fraction of sp³-hybridized carbons (Fsp3) is 0.0800. The summed E-state index contributed by atoms with van der Waals surface area (Å²) in [7, 11) is -3.00. The first-order valence-corrected chi connectivity index (χ1v) is 12.1. The summed E-state index contributed by atoms with van der Waals surface area (Å²) in [6.07, 6.45) is 1.09. The first kappa shape index (κ1) is 27.4. The molecule has 0 unspecified atom stereocenters. The van der Waals surface area contributed by atoms with Gasteiger partial charge in [-0.05, 0) is 48.5 Å². The Labute approximate surface area is 217 Å². The number of hydrogen-bond acceptors (Lipinski definition) is 9. The van der Waals surface area contributed by atoms with E-state index in [1.54, 1.807) is 6.07 Å². The molecule has 194 valence electrons. The van der Waals surface area contributed by atoms with E-state index >= 15 is 0 Å². The lowest BCUT2D eigenvalue weighted by Gasteiger charge is -2.11. The standard InChI is InChI=1S/C25H20N4O8S/c1-16(30)27-19-7-10-21(11-8-19)38(34,35)37-24-6-4-3-5-17(24)13-18(15-26)25(31)28-22-12-9-20(36-2)14-23(22)29(32)33/h3-14H,1-2H3,(H,27,30)(H,28,31). The Bertz CT molecular complexity index is 1580. The third-order valence-corrected chi connectivity index (χ3v) is 6.15. The van der Waals surface area contributed by atoms with Crippen molar-refractivity contribution >= 4 is 45.1 Å². The van der Waals surface area contributed by atoms with E-state index in [0.29, 0.717) is 5.69 Å². The Hall–Kier alpha value is -5.22. The second kappa shape index (κ2) is 11.7. The lowest BCUT2D eigenvalue weighted by atomic mass is 10.1. The van der Waals surface area contributed by atoms with Gasteiger partial charge in [-0.25, -0.2) is 0 Å². The molecule has 2 N–H and O–H groups in total. The molecule has 0 saturated carbocycles. The van der Waals surface area contributed by atoms with Crippen LogP contribution in [-0.2, 0) is 19.7 Å². The minimum atomic E-state index is -4.33. The van der Waals surface area contributed by atoms with Crippen molar-refractivity contribution in [2.75, 3.05) is 17.7 Å². The second-order valence-corrected chi connectivity index (χ2v) is 9.09. The molecule has 0 saturated heterocycles. The van der Waals surface area contributed by atoms with E-state index in [1.807, 2.05) is 0 Å². The van der Waals surface area contributed by atoms with Crippen LogP contribution in [0.2, 0.25) is 0 Å². The quantitative estimate of drug-likeness (QED) is 0.135. The fourth-order valence-electron chi connectivity index (χ4n) is 3.14. The molecule has 3 aromatic rings. The van der Waals surface area contributed by atoms with Crippen LogP contribution in [0.15, 0.2) is 77.2 Å². The fourth-order valence-corrected chi connectivity index (χ4v) is 4.09. The van der Waals surface area contributed by atoms with Gasteiger partial charge >= 0.3 is 10.1 Å². The monoisotopic (exact) mass is 536 g/mol. The Morgan fingerprint density at radius 2 is 1.74 bits per heavy atom. The van der Waals surface area contributed by atoms with Crippen LogP contribution in [-0.4, -0.2) is 32.3 Å². The highest BCUT2D eigenvalue weighted by atomic mass is 32.2. The number of methoxy groups -OCH3 is 1. The van der Waals surface area contributed by atoms with Gasteiger partial charge in [0.05, 0.1) is 18.1 Å². The number of carbonyl (C=O) groups is 2. The number of nitro groups is 1. The summed E-state index contributed by atoms with van der Waals surface area (Å²) >= 11 is 0. The van der Waals surface area contributed by atoms with Crippen molar-refractivity contribution < 1.29 is 31.9 Å². The first-order valence-electron chi connectivity index (χ1n) is 10.7. The van der Waals surface area contributed by atoms with Crippen molar-refractivity contribution in [3.63, 3.8) is 0 Å². The molecule has 0 bridgehead atoms. The minimum absolute atomic E-state index is 0.0851. The summed E-state index contributed by atoms with van der Waals surface area (Å²) in [5, 5.41) is 25.8. The molecular formula is C25H20N4O8S. The summed E-state index contributed by atoms with van der Waals surface area (Å²) in [6, 6.07) is 16.5. The van der Waals surface area contributed by atoms with E-state index in [-0.39, 0.29) is 33.6 Å². The maximum atomic E-state index is 12.8. The molecule has 3 aromatic carbocycles. The van der Waals surface area contributed by atoms with Crippen molar-refractivity contribution in [1.29, 1.82) is 5.26 Å². The molecule has 0 aliphatic rings. The van der Waals surface area contributed by atoms with Crippen LogP contribution in [0.3, 0.4) is 0 Å². The molecule has 0 fully saturated rings. The normalized spacial score (nSPS) is 11.1. The summed E-state index contributed by atoms with van der Waals surface area (Å²) < 4.78 is 35.9. The van der Waals surface area contributed by atoms with Crippen LogP contribution in [0.5, 0.6) is 11.5 Å². The van der Waals surface area contributed by atoms with Crippen molar-refractivity contribution in [2.24, 2.45) is 0 Å². The largest absolute Gasteiger partial charge is 0.496 e. The van der Waals surface area contributed by atoms with Gasteiger partial charge in [-0.3, -0.25) is 19.7 Å². The summed E-state index contributed by atoms with van der Waals surface area (Å²) in [5.41, 5.74) is -0.613. The lowest BCUT2D eigenvalue weighted by Crippen LogP contribution is -2.15. The molecule has 13 heteroatoms. The van der Waals surface area contributed by atoms with Crippen molar-refractivity contribution in [1.82, 2.24) is 0 Å². The van der Waals surface area contributed by atoms with Gasteiger partial charge in [0.15, 0.2) is 0 Å². The summed E-state index contributed by atoms with van der Waals surface area (Å²) in [4.78, 5) is 34.4. The van der Waals surface area contributed by atoms with Crippen LogP contribution in [0, 0.1) is 21.4 Å². The number of nitrogens with zero attached hydrogens (tertiary/aromatic N) is 2. The number of ether oxygens (including phenoxy) is 1. The molecular weight excluding hydrogens is 516 g/mol. The Balaban J connectivity index is 1.88. The van der Waals surface area contributed by atoms with Gasteiger partial charge in [-0.2, -0.15) is 13.7 Å². The van der Waals surface area contributed by atoms with E-state index in [0.717, 1.165) is 12.1 Å². The summed E-state index contributed by atoms with van der Waals surface area (Å²) in [6.45, 7) is 1.31. The molecule has 12 nitrogen and oxygen atoms in total. The highest BCUT2D eigenvalue weighted by Crippen LogP contribution is 2.30. The van der Waals surface area contributed by atoms with Gasteiger partial charge in [0.1, 0.15) is 33.7 Å². The molecule has 0 aliphatic carbocycles. The average molecular weight is 537 g/mol. The smallest absolute Gasteiger partial charge is 0.339 e. The van der Waals surface area contributed by atoms with E-state index in [9.17, 15) is 33.4 Å². The molecule has 0 aliphatic heterocycles. The number of nitrogens with one attached hydrogen (secondary N) is 2. The SMILES string of the molecule is COc1ccc(NC(=O)C(C#N)=Cc2ccccc2OS(=O)(=O)c2ccc(NC(C)=O)cc2)c([N+](=O)[O-])c1. The molecule has 38 heavy (non-hydrogen) atoms. The molecule has 2 amide bonds. The van der Waals surface area contributed by atoms with Crippen LogP contribution >= 0.6 is 0 Å². The first-order chi connectivity index (χ1) is 18.0. The number of anilines is 2. The minimum Gasteiger partial charge on any atom is -0.496 e. The number of amides is 2. The number of rotatable bonds is 9. The molecule has 0 heterocycles.